The van der Waals surface area contributed by atoms with E-state index in [1.807, 2.05) is 18.7 Å². The molecule has 0 aromatic carbocycles. The van der Waals surface area contributed by atoms with Gasteiger partial charge in [-0.25, -0.2) is 0 Å². The third-order valence-electron chi connectivity index (χ3n) is 5.93. The third-order valence-corrected chi connectivity index (χ3v) is 7.16. The fourth-order valence-electron chi connectivity index (χ4n) is 4.30. The number of nitrogens with one attached hydrogen (secondary N) is 1. The number of hydrogen-bond acceptors (Lipinski definition) is 5. The van der Waals surface area contributed by atoms with E-state index >= 15 is 0 Å². The molecule has 3 N–H and O–H groups in total. The number of ether oxygens (including phenoxy) is 1. The second kappa shape index (κ2) is 10.00. The first-order valence-electron chi connectivity index (χ1n) is 9.01. The second-order valence-corrected chi connectivity index (χ2v) is 8.75. The van der Waals surface area contributed by atoms with Gasteiger partial charge in [-0.2, -0.15) is 11.8 Å². The average Bonchev–Trinajstić information content (AvgIpc) is 3.03. The fraction of sp³-hybridized carbons (Fsp3) is 0.941. The summed E-state index contributed by atoms with van der Waals surface area (Å²) >= 11 is 2.00. The van der Waals surface area contributed by atoms with Crippen molar-refractivity contribution in [2.45, 2.75) is 50.1 Å². The Bertz CT molecular complexity index is 428. The standard InChI is InChI=1S/C17H31N3O2S.2ClH/c1-16(18)5-3-2-4-14(16)15(21)19-12-17(6-11-23-13-17)20-7-9-22-10-8-20;;/h14H,2-13,18H2,1H3,(H,19,21);2*1H. The topological polar surface area (TPSA) is 67.6 Å². The highest BCUT2D eigenvalue weighted by atomic mass is 35.5. The molecule has 1 aliphatic carbocycles. The van der Waals surface area contributed by atoms with Gasteiger partial charge in [-0.05, 0) is 31.9 Å². The first-order valence-corrected chi connectivity index (χ1v) is 10.2. The van der Waals surface area contributed by atoms with Gasteiger partial charge in [0.2, 0.25) is 5.91 Å². The zero-order chi connectivity index (χ0) is 16.3. The molecule has 0 aromatic heterocycles. The van der Waals surface area contributed by atoms with E-state index in [-0.39, 0.29) is 47.7 Å². The Hall–Kier alpha value is 0.280. The quantitative estimate of drug-likeness (QED) is 0.737. The van der Waals surface area contributed by atoms with Gasteiger partial charge in [-0.1, -0.05) is 12.8 Å². The first-order chi connectivity index (χ1) is 11.0. The minimum Gasteiger partial charge on any atom is -0.379 e. The van der Waals surface area contributed by atoms with Crippen molar-refractivity contribution in [3.8, 4) is 0 Å². The van der Waals surface area contributed by atoms with E-state index in [4.69, 9.17) is 10.5 Å². The number of carbonyl (C=O) groups is 1. The van der Waals surface area contributed by atoms with E-state index in [1.165, 1.54) is 5.75 Å². The van der Waals surface area contributed by atoms with Crippen LogP contribution in [0.25, 0.3) is 0 Å². The number of rotatable bonds is 4. The summed E-state index contributed by atoms with van der Waals surface area (Å²) < 4.78 is 5.50. The SMILES string of the molecule is CC1(N)CCCCC1C(=O)NCC1(N2CCOCC2)CCSC1.Cl.Cl. The maximum Gasteiger partial charge on any atom is 0.225 e. The van der Waals surface area contributed by atoms with Crippen LogP contribution in [0.15, 0.2) is 0 Å². The maximum atomic E-state index is 12.8. The number of thioether (sulfide) groups is 1. The Labute approximate surface area is 168 Å². The zero-order valence-corrected chi connectivity index (χ0v) is 17.6. The molecular formula is C17H33Cl2N3O2S. The van der Waals surface area contributed by atoms with Gasteiger partial charge in [-0.15, -0.1) is 24.8 Å². The molecule has 25 heavy (non-hydrogen) atoms. The number of morpholine rings is 1. The molecule has 0 aromatic rings. The molecule has 3 atom stereocenters. The van der Waals surface area contributed by atoms with Crippen molar-refractivity contribution in [2.75, 3.05) is 44.4 Å². The van der Waals surface area contributed by atoms with E-state index in [0.29, 0.717) is 0 Å². The highest BCUT2D eigenvalue weighted by Crippen LogP contribution is 2.35. The summed E-state index contributed by atoms with van der Waals surface area (Å²) in [4.78, 5) is 15.3. The highest BCUT2D eigenvalue weighted by Gasteiger charge is 2.43. The summed E-state index contributed by atoms with van der Waals surface area (Å²) in [5, 5.41) is 3.27. The molecular weight excluding hydrogens is 381 g/mol. The van der Waals surface area contributed by atoms with Gasteiger partial charge >= 0.3 is 0 Å². The summed E-state index contributed by atoms with van der Waals surface area (Å²) in [5.41, 5.74) is 6.16. The normalized spacial score (nSPS) is 36.2. The van der Waals surface area contributed by atoms with Crippen LogP contribution in [0.2, 0.25) is 0 Å². The lowest BCUT2D eigenvalue weighted by Crippen LogP contribution is -2.61. The second-order valence-electron chi connectivity index (χ2n) is 7.65. The highest BCUT2D eigenvalue weighted by molar-refractivity contribution is 7.99. The molecule has 0 bridgehead atoms. The van der Waals surface area contributed by atoms with E-state index in [9.17, 15) is 4.79 Å². The molecule has 1 saturated carbocycles. The Kier molecular flexibility index (Phi) is 9.33. The maximum absolute atomic E-state index is 12.8. The summed E-state index contributed by atoms with van der Waals surface area (Å²) in [7, 11) is 0. The lowest BCUT2D eigenvalue weighted by molar-refractivity contribution is -0.129. The number of hydrogen-bond donors (Lipinski definition) is 2. The monoisotopic (exact) mass is 413 g/mol. The summed E-state index contributed by atoms with van der Waals surface area (Å²) in [6.45, 7) is 6.38. The molecule has 0 radical (unpaired) electrons. The Morgan fingerprint density at radius 3 is 2.60 bits per heavy atom. The smallest absolute Gasteiger partial charge is 0.225 e. The van der Waals surface area contributed by atoms with E-state index in [0.717, 1.165) is 70.7 Å². The van der Waals surface area contributed by atoms with Crippen molar-refractivity contribution in [1.29, 1.82) is 0 Å². The molecule has 1 amide bonds. The van der Waals surface area contributed by atoms with Crippen LogP contribution in [0, 0.1) is 5.92 Å². The van der Waals surface area contributed by atoms with Crippen molar-refractivity contribution in [2.24, 2.45) is 11.7 Å². The number of carbonyl (C=O) groups excluding carboxylic acids is 1. The lowest BCUT2D eigenvalue weighted by atomic mass is 9.74. The molecule has 2 aliphatic heterocycles. The molecule has 3 fully saturated rings. The largest absolute Gasteiger partial charge is 0.379 e. The van der Waals surface area contributed by atoms with Crippen molar-refractivity contribution in [3.05, 3.63) is 0 Å². The van der Waals surface area contributed by atoms with Gasteiger partial charge in [0.1, 0.15) is 0 Å². The van der Waals surface area contributed by atoms with Crippen LogP contribution in [-0.4, -0.2) is 66.2 Å². The molecule has 148 valence electrons. The van der Waals surface area contributed by atoms with Gasteiger partial charge in [0.15, 0.2) is 0 Å². The lowest BCUT2D eigenvalue weighted by Gasteiger charge is -2.44. The number of nitrogens with zero attached hydrogens (tertiary/aromatic N) is 1. The van der Waals surface area contributed by atoms with Crippen LogP contribution in [0.3, 0.4) is 0 Å². The van der Waals surface area contributed by atoms with Crippen molar-refractivity contribution >= 4 is 42.5 Å². The summed E-state index contributed by atoms with van der Waals surface area (Å²) in [6.07, 6.45) is 5.30. The number of nitrogens with two attached hydrogens (primary N) is 1. The minimum absolute atomic E-state index is 0. The molecule has 3 aliphatic rings. The van der Waals surface area contributed by atoms with Gasteiger partial charge < -0.3 is 15.8 Å². The number of halogens is 2. The zero-order valence-electron chi connectivity index (χ0n) is 15.1. The molecule has 8 heteroatoms. The van der Waals surface area contributed by atoms with Gasteiger partial charge in [0, 0.05) is 36.5 Å². The van der Waals surface area contributed by atoms with Crippen molar-refractivity contribution in [3.63, 3.8) is 0 Å². The molecule has 5 nitrogen and oxygen atoms in total. The van der Waals surface area contributed by atoms with E-state index < -0.39 is 0 Å². The predicted octanol–water partition coefficient (Wildman–Crippen LogP) is 2.06. The van der Waals surface area contributed by atoms with Crippen molar-refractivity contribution in [1.82, 2.24) is 10.2 Å². The van der Waals surface area contributed by atoms with Crippen LogP contribution < -0.4 is 11.1 Å². The van der Waals surface area contributed by atoms with Crippen LogP contribution in [-0.2, 0) is 9.53 Å². The summed E-state index contributed by atoms with van der Waals surface area (Å²) in [5.74, 6) is 2.43. The predicted molar refractivity (Wildman–Crippen MR) is 109 cm³/mol. The van der Waals surface area contributed by atoms with Gasteiger partial charge in [0.25, 0.3) is 0 Å². The Morgan fingerprint density at radius 2 is 2.00 bits per heavy atom. The molecule has 3 rings (SSSR count). The first kappa shape index (κ1) is 23.3. The fourth-order valence-corrected chi connectivity index (χ4v) is 5.78. The van der Waals surface area contributed by atoms with E-state index in [1.54, 1.807) is 0 Å². The summed E-state index contributed by atoms with van der Waals surface area (Å²) in [6, 6.07) is 0. The Balaban J connectivity index is 0.00000156. The molecule has 0 spiro atoms. The molecule has 2 heterocycles. The van der Waals surface area contributed by atoms with Crippen LogP contribution in [0.4, 0.5) is 0 Å². The van der Waals surface area contributed by atoms with Crippen molar-refractivity contribution < 1.29 is 9.53 Å². The van der Waals surface area contributed by atoms with E-state index in [2.05, 4.69) is 10.2 Å². The Morgan fingerprint density at radius 1 is 1.28 bits per heavy atom. The average molecular weight is 414 g/mol. The van der Waals surface area contributed by atoms with Gasteiger partial charge in [0.05, 0.1) is 19.1 Å². The minimum atomic E-state index is -0.348. The number of amides is 1. The van der Waals surface area contributed by atoms with Crippen LogP contribution in [0.5, 0.6) is 0 Å². The van der Waals surface area contributed by atoms with Gasteiger partial charge in [-0.3, -0.25) is 9.69 Å². The molecule has 2 saturated heterocycles. The van der Waals surface area contributed by atoms with Crippen LogP contribution >= 0.6 is 36.6 Å². The molecule has 3 unspecified atom stereocenters. The van der Waals surface area contributed by atoms with Crippen LogP contribution in [0.1, 0.15) is 39.0 Å². The third kappa shape index (κ3) is 5.39.